The molecule has 0 saturated heterocycles. The van der Waals surface area contributed by atoms with Gasteiger partial charge in [0, 0.05) is 16.3 Å². The van der Waals surface area contributed by atoms with Crippen molar-refractivity contribution in [2.45, 2.75) is 12.1 Å². The van der Waals surface area contributed by atoms with E-state index in [9.17, 15) is 4.79 Å². The molecule has 0 aliphatic rings. The Labute approximate surface area is 166 Å². The van der Waals surface area contributed by atoms with E-state index in [-0.39, 0.29) is 11.7 Å². The number of rotatable bonds is 5. The van der Waals surface area contributed by atoms with Crippen molar-refractivity contribution < 1.29 is 4.79 Å². The van der Waals surface area contributed by atoms with Crippen LogP contribution in [0.3, 0.4) is 0 Å². The molecule has 3 rings (SSSR count). The van der Waals surface area contributed by atoms with Crippen LogP contribution < -0.4 is 5.32 Å². The number of aromatic nitrogens is 2. The van der Waals surface area contributed by atoms with Gasteiger partial charge >= 0.3 is 0 Å². The molecule has 0 aliphatic carbocycles. The third kappa shape index (κ3) is 5.07. The van der Waals surface area contributed by atoms with Crippen LogP contribution in [0.25, 0.3) is 11.3 Å². The van der Waals surface area contributed by atoms with Gasteiger partial charge in [-0.3, -0.25) is 4.79 Å². The van der Waals surface area contributed by atoms with E-state index in [1.807, 2.05) is 25.1 Å². The molecule has 134 valence electrons. The second-order valence-electron chi connectivity index (χ2n) is 5.68. The molecule has 0 unspecified atom stereocenters. The van der Waals surface area contributed by atoms with Gasteiger partial charge < -0.3 is 5.32 Å². The average Bonchev–Trinajstić information content (AvgIpc) is 2.67. The van der Waals surface area contributed by atoms with Crippen molar-refractivity contribution in [2.75, 3.05) is 11.1 Å². The van der Waals surface area contributed by atoms with Gasteiger partial charge in [0.15, 0.2) is 5.16 Å². The van der Waals surface area contributed by atoms with Crippen LogP contribution >= 0.6 is 23.4 Å². The summed E-state index contributed by atoms with van der Waals surface area (Å²) in [5.74, 6) is -0.0793. The van der Waals surface area contributed by atoms with Crippen LogP contribution in [-0.2, 0) is 4.79 Å². The number of aryl methyl sites for hydroxylation is 1. The minimum absolute atomic E-state index is 0.142. The number of carbonyl (C=O) groups excluding carboxylic acids is 1. The highest BCUT2D eigenvalue weighted by atomic mass is 35.5. The van der Waals surface area contributed by atoms with Crippen molar-refractivity contribution in [2.24, 2.45) is 0 Å². The highest BCUT2D eigenvalue weighted by molar-refractivity contribution is 7.99. The van der Waals surface area contributed by atoms with Gasteiger partial charge in [-0.05, 0) is 37.3 Å². The number of para-hydroxylation sites is 1. The van der Waals surface area contributed by atoms with Crippen LogP contribution in [0, 0.1) is 18.3 Å². The Balaban J connectivity index is 1.70. The topological polar surface area (TPSA) is 78.7 Å². The molecule has 0 saturated carbocycles. The molecule has 1 N–H and O–H groups in total. The lowest BCUT2D eigenvalue weighted by atomic mass is 10.1. The lowest BCUT2D eigenvalue weighted by Gasteiger charge is -2.08. The van der Waals surface area contributed by atoms with Gasteiger partial charge in [0.25, 0.3) is 0 Å². The minimum atomic E-state index is -0.221. The first-order chi connectivity index (χ1) is 13.0. The summed E-state index contributed by atoms with van der Waals surface area (Å²) in [6.07, 6.45) is 0. The van der Waals surface area contributed by atoms with E-state index in [1.165, 1.54) is 11.8 Å². The van der Waals surface area contributed by atoms with Gasteiger partial charge in [0.1, 0.15) is 6.07 Å². The molecular formula is C20H15ClN4OS. The van der Waals surface area contributed by atoms with Crippen molar-refractivity contribution in [3.05, 3.63) is 70.9 Å². The summed E-state index contributed by atoms with van der Waals surface area (Å²) in [6.45, 7) is 1.88. The van der Waals surface area contributed by atoms with Gasteiger partial charge in [-0.1, -0.05) is 47.6 Å². The third-order valence-corrected chi connectivity index (χ3v) is 4.73. The molecule has 5 nitrogen and oxygen atoms in total. The van der Waals surface area contributed by atoms with E-state index in [4.69, 9.17) is 16.9 Å². The predicted octanol–water partition coefficient (Wildman–Crippen LogP) is 4.71. The fourth-order valence-electron chi connectivity index (χ4n) is 2.38. The fourth-order valence-corrected chi connectivity index (χ4v) is 3.21. The summed E-state index contributed by atoms with van der Waals surface area (Å²) in [5, 5.41) is 13.0. The quantitative estimate of drug-likeness (QED) is 0.501. The number of nitrogens with zero attached hydrogens (tertiary/aromatic N) is 3. The molecule has 3 aromatic rings. The SMILES string of the molecule is Cc1cc(-c2ccc(Cl)cc2)nc(SCC(=O)Nc2ccccc2C#N)n1. The van der Waals surface area contributed by atoms with Crippen molar-refractivity contribution >= 4 is 35.0 Å². The maximum atomic E-state index is 12.2. The number of benzene rings is 2. The molecule has 0 radical (unpaired) electrons. The van der Waals surface area contributed by atoms with Crippen molar-refractivity contribution in [1.29, 1.82) is 5.26 Å². The van der Waals surface area contributed by atoms with E-state index >= 15 is 0 Å². The summed E-state index contributed by atoms with van der Waals surface area (Å²) in [4.78, 5) is 21.1. The Bertz CT molecular complexity index is 1020. The Kier molecular flexibility index (Phi) is 6.07. The molecular weight excluding hydrogens is 380 g/mol. The van der Waals surface area contributed by atoms with Crippen LogP contribution in [-0.4, -0.2) is 21.6 Å². The monoisotopic (exact) mass is 394 g/mol. The highest BCUT2D eigenvalue weighted by Gasteiger charge is 2.10. The van der Waals surface area contributed by atoms with Crippen LogP contribution in [0.5, 0.6) is 0 Å². The number of carbonyl (C=O) groups is 1. The Morgan fingerprint density at radius 3 is 2.67 bits per heavy atom. The van der Waals surface area contributed by atoms with E-state index in [2.05, 4.69) is 21.4 Å². The maximum Gasteiger partial charge on any atom is 0.234 e. The largest absolute Gasteiger partial charge is 0.324 e. The van der Waals surface area contributed by atoms with Crippen molar-refractivity contribution in [3.8, 4) is 17.3 Å². The second kappa shape index (κ2) is 8.67. The summed E-state index contributed by atoms with van der Waals surface area (Å²) in [6, 6.07) is 18.2. The van der Waals surface area contributed by atoms with E-state index in [0.717, 1.165) is 17.0 Å². The summed E-state index contributed by atoms with van der Waals surface area (Å²) in [7, 11) is 0. The van der Waals surface area contributed by atoms with Crippen molar-refractivity contribution in [3.63, 3.8) is 0 Å². The summed E-state index contributed by atoms with van der Waals surface area (Å²) < 4.78 is 0. The number of hydrogen-bond donors (Lipinski definition) is 1. The Morgan fingerprint density at radius 1 is 1.19 bits per heavy atom. The molecule has 0 aliphatic heterocycles. The maximum absolute atomic E-state index is 12.2. The first-order valence-electron chi connectivity index (χ1n) is 8.08. The number of hydrogen-bond acceptors (Lipinski definition) is 5. The zero-order valence-electron chi connectivity index (χ0n) is 14.4. The molecule has 0 spiro atoms. The van der Waals surface area contributed by atoms with E-state index < -0.39 is 0 Å². The van der Waals surface area contributed by atoms with Crippen LogP contribution in [0.1, 0.15) is 11.3 Å². The average molecular weight is 395 g/mol. The minimum Gasteiger partial charge on any atom is -0.324 e. The van der Waals surface area contributed by atoms with Gasteiger partial charge in [0.05, 0.1) is 22.7 Å². The second-order valence-corrected chi connectivity index (χ2v) is 7.06. The predicted molar refractivity (Wildman–Crippen MR) is 108 cm³/mol. The normalized spacial score (nSPS) is 10.3. The first-order valence-corrected chi connectivity index (χ1v) is 9.45. The molecule has 1 amide bonds. The van der Waals surface area contributed by atoms with E-state index in [1.54, 1.807) is 36.4 Å². The molecule has 0 atom stereocenters. The first kappa shape index (κ1) is 18.9. The van der Waals surface area contributed by atoms with E-state index in [0.29, 0.717) is 21.4 Å². The lowest BCUT2D eigenvalue weighted by Crippen LogP contribution is -2.15. The molecule has 27 heavy (non-hydrogen) atoms. The van der Waals surface area contributed by atoms with Crippen LogP contribution in [0.2, 0.25) is 5.02 Å². The number of nitriles is 1. The summed E-state index contributed by atoms with van der Waals surface area (Å²) >= 11 is 7.18. The lowest BCUT2D eigenvalue weighted by molar-refractivity contribution is -0.113. The van der Waals surface area contributed by atoms with Gasteiger partial charge in [-0.25, -0.2) is 9.97 Å². The standard InChI is InChI=1S/C20H15ClN4OS/c1-13-10-18(14-6-8-16(21)9-7-14)25-20(23-13)27-12-19(26)24-17-5-3-2-4-15(17)11-22/h2-10H,12H2,1H3,(H,24,26). The number of anilines is 1. The molecule has 1 heterocycles. The summed E-state index contributed by atoms with van der Waals surface area (Å²) in [5.41, 5.74) is 3.44. The van der Waals surface area contributed by atoms with Crippen LogP contribution in [0.15, 0.2) is 59.8 Å². The highest BCUT2D eigenvalue weighted by Crippen LogP contribution is 2.23. The fraction of sp³-hybridized carbons (Fsp3) is 0.100. The molecule has 0 fully saturated rings. The number of halogens is 1. The number of amides is 1. The third-order valence-electron chi connectivity index (χ3n) is 3.63. The Morgan fingerprint density at radius 2 is 1.93 bits per heavy atom. The van der Waals surface area contributed by atoms with Gasteiger partial charge in [0.2, 0.25) is 5.91 Å². The number of thioether (sulfide) groups is 1. The Hall–Kier alpha value is -2.88. The zero-order valence-corrected chi connectivity index (χ0v) is 16.0. The van der Waals surface area contributed by atoms with Crippen molar-refractivity contribution in [1.82, 2.24) is 9.97 Å². The van der Waals surface area contributed by atoms with Gasteiger partial charge in [-0.2, -0.15) is 5.26 Å². The molecule has 1 aromatic heterocycles. The van der Waals surface area contributed by atoms with Gasteiger partial charge in [-0.15, -0.1) is 0 Å². The zero-order chi connectivity index (χ0) is 19.2. The molecule has 7 heteroatoms. The smallest absolute Gasteiger partial charge is 0.234 e. The molecule has 2 aromatic carbocycles. The molecule has 0 bridgehead atoms. The number of nitrogens with one attached hydrogen (secondary N) is 1. The van der Waals surface area contributed by atoms with Crippen LogP contribution in [0.4, 0.5) is 5.69 Å².